The van der Waals surface area contributed by atoms with Crippen LogP contribution in [0.2, 0.25) is 5.02 Å². The first-order chi connectivity index (χ1) is 14.4. The standard InChI is InChI=1S/C23H19ClN2O4/c1-15(27)30-20-7-4-6-17(13-20)22(28)25-14-18-5-2-3-8-21(18)26-23(29)16-9-11-19(24)12-10-16/h2-13H,14H2,1H3,(H,25,28)(H,26,29). The van der Waals surface area contributed by atoms with E-state index >= 15 is 0 Å². The van der Waals surface area contributed by atoms with Crippen LogP contribution < -0.4 is 15.4 Å². The molecule has 0 heterocycles. The number of esters is 1. The fourth-order valence-corrected chi connectivity index (χ4v) is 2.86. The summed E-state index contributed by atoms with van der Waals surface area (Å²) in [4.78, 5) is 36.1. The maximum atomic E-state index is 12.5. The molecule has 0 aromatic heterocycles. The molecule has 3 rings (SSSR count). The van der Waals surface area contributed by atoms with Gasteiger partial charge < -0.3 is 15.4 Å². The Kier molecular flexibility index (Phi) is 6.83. The van der Waals surface area contributed by atoms with Gasteiger partial charge in [0.1, 0.15) is 5.75 Å². The zero-order chi connectivity index (χ0) is 21.5. The quantitative estimate of drug-likeness (QED) is 0.454. The first-order valence-electron chi connectivity index (χ1n) is 9.14. The molecular formula is C23H19ClN2O4. The average molecular weight is 423 g/mol. The van der Waals surface area contributed by atoms with Crippen molar-refractivity contribution in [2.24, 2.45) is 0 Å². The summed E-state index contributed by atoms with van der Waals surface area (Å²) < 4.78 is 5.01. The number of benzene rings is 3. The van der Waals surface area contributed by atoms with Gasteiger partial charge in [0.2, 0.25) is 0 Å². The van der Waals surface area contributed by atoms with Crippen LogP contribution in [0.25, 0.3) is 0 Å². The van der Waals surface area contributed by atoms with Crippen LogP contribution in [0.1, 0.15) is 33.2 Å². The van der Waals surface area contributed by atoms with Crippen molar-refractivity contribution in [3.63, 3.8) is 0 Å². The predicted octanol–water partition coefficient (Wildman–Crippen LogP) is 4.45. The van der Waals surface area contributed by atoms with E-state index in [9.17, 15) is 14.4 Å². The Morgan fingerprint density at radius 3 is 2.33 bits per heavy atom. The van der Waals surface area contributed by atoms with Gasteiger partial charge in [0.05, 0.1) is 0 Å². The zero-order valence-electron chi connectivity index (χ0n) is 16.1. The summed E-state index contributed by atoms with van der Waals surface area (Å²) >= 11 is 5.86. The Morgan fingerprint density at radius 1 is 0.867 bits per heavy atom. The Morgan fingerprint density at radius 2 is 1.60 bits per heavy atom. The molecule has 0 aliphatic heterocycles. The highest BCUT2D eigenvalue weighted by Crippen LogP contribution is 2.18. The van der Waals surface area contributed by atoms with Crippen molar-refractivity contribution in [3.8, 4) is 5.75 Å². The number of carbonyl (C=O) groups excluding carboxylic acids is 3. The van der Waals surface area contributed by atoms with Crippen molar-refractivity contribution in [1.29, 1.82) is 0 Å². The third-order valence-corrected chi connectivity index (χ3v) is 4.42. The van der Waals surface area contributed by atoms with Gasteiger partial charge in [-0.3, -0.25) is 14.4 Å². The Bertz CT molecular complexity index is 1080. The van der Waals surface area contributed by atoms with Crippen LogP contribution in [0.5, 0.6) is 5.75 Å². The highest BCUT2D eigenvalue weighted by Gasteiger charge is 2.11. The lowest BCUT2D eigenvalue weighted by Gasteiger charge is -2.12. The number of anilines is 1. The number of amides is 2. The minimum atomic E-state index is -0.460. The first-order valence-corrected chi connectivity index (χ1v) is 9.51. The van der Waals surface area contributed by atoms with E-state index in [1.54, 1.807) is 54.6 Å². The largest absolute Gasteiger partial charge is 0.427 e. The third kappa shape index (κ3) is 5.68. The molecule has 152 valence electrons. The predicted molar refractivity (Wildman–Crippen MR) is 115 cm³/mol. The van der Waals surface area contributed by atoms with Crippen molar-refractivity contribution in [2.75, 3.05) is 5.32 Å². The summed E-state index contributed by atoms with van der Waals surface area (Å²) in [5, 5.41) is 6.21. The second-order valence-corrected chi connectivity index (χ2v) is 6.86. The second kappa shape index (κ2) is 9.71. The average Bonchev–Trinajstić information content (AvgIpc) is 2.73. The molecule has 0 atom stereocenters. The number of rotatable bonds is 6. The van der Waals surface area contributed by atoms with Crippen LogP contribution in [0.3, 0.4) is 0 Å². The summed E-state index contributed by atoms with van der Waals surface area (Å²) in [6, 6.07) is 20.1. The lowest BCUT2D eigenvalue weighted by molar-refractivity contribution is -0.131. The van der Waals surface area contributed by atoms with Crippen LogP contribution in [0.15, 0.2) is 72.8 Å². The van der Waals surface area contributed by atoms with Crippen molar-refractivity contribution in [3.05, 3.63) is 94.5 Å². The number of halogens is 1. The molecule has 0 aliphatic carbocycles. The maximum Gasteiger partial charge on any atom is 0.308 e. The van der Waals surface area contributed by atoms with Crippen LogP contribution in [-0.4, -0.2) is 17.8 Å². The van der Waals surface area contributed by atoms with Gasteiger partial charge in [0.25, 0.3) is 11.8 Å². The van der Waals surface area contributed by atoms with E-state index in [0.717, 1.165) is 5.56 Å². The normalized spacial score (nSPS) is 10.2. The summed E-state index contributed by atoms with van der Waals surface area (Å²) in [5.74, 6) is -0.772. The fraction of sp³-hybridized carbons (Fsp3) is 0.0870. The molecule has 0 saturated carbocycles. The molecule has 0 aliphatic rings. The van der Waals surface area contributed by atoms with Gasteiger partial charge in [-0.15, -0.1) is 0 Å². The monoisotopic (exact) mass is 422 g/mol. The van der Waals surface area contributed by atoms with Gasteiger partial charge in [-0.05, 0) is 54.1 Å². The molecule has 2 amide bonds. The van der Waals surface area contributed by atoms with Gasteiger partial charge >= 0.3 is 5.97 Å². The molecule has 0 radical (unpaired) electrons. The molecule has 2 N–H and O–H groups in total. The van der Waals surface area contributed by atoms with E-state index < -0.39 is 5.97 Å². The molecule has 7 heteroatoms. The Labute approximate surface area is 178 Å². The third-order valence-electron chi connectivity index (χ3n) is 4.17. The zero-order valence-corrected chi connectivity index (χ0v) is 16.9. The molecule has 6 nitrogen and oxygen atoms in total. The molecule has 30 heavy (non-hydrogen) atoms. The van der Waals surface area contributed by atoms with Gasteiger partial charge in [0, 0.05) is 35.3 Å². The van der Waals surface area contributed by atoms with E-state index in [2.05, 4.69) is 10.6 Å². The van der Waals surface area contributed by atoms with Gasteiger partial charge in [-0.2, -0.15) is 0 Å². The molecule has 0 saturated heterocycles. The molecule has 3 aromatic carbocycles. The van der Waals surface area contributed by atoms with Crippen LogP contribution in [0, 0.1) is 0 Å². The molecule has 0 bridgehead atoms. The van der Waals surface area contributed by atoms with Crippen molar-refractivity contribution >= 4 is 35.1 Å². The SMILES string of the molecule is CC(=O)Oc1cccc(C(=O)NCc2ccccc2NC(=O)c2ccc(Cl)cc2)c1. The van der Waals surface area contributed by atoms with Gasteiger partial charge in [0.15, 0.2) is 0 Å². The van der Waals surface area contributed by atoms with E-state index in [1.807, 2.05) is 12.1 Å². The highest BCUT2D eigenvalue weighted by atomic mass is 35.5. The van der Waals surface area contributed by atoms with Crippen LogP contribution in [0.4, 0.5) is 5.69 Å². The van der Waals surface area contributed by atoms with Gasteiger partial charge in [-0.25, -0.2) is 0 Å². The number of ether oxygens (including phenoxy) is 1. The summed E-state index contributed by atoms with van der Waals surface area (Å²) in [6.45, 7) is 1.50. The van der Waals surface area contributed by atoms with Gasteiger partial charge in [-0.1, -0.05) is 35.9 Å². The van der Waals surface area contributed by atoms with Crippen LogP contribution >= 0.6 is 11.6 Å². The minimum Gasteiger partial charge on any atom is -0.427 e. The smallest absolute Gasteiger partial charge is 0.308 e. The van der Waals surface area contributed by atoms with E-state index in [4.69, 9.17) is 16.3 Å². The first kappa shape index (κ1) is 21.1. The topological polar surface area (TPSA) is 84.5 Å². The molecule has 0 fully saturated rings. The number of para-hydroxylation sites is 1. The Balaban J connectivity index is 1.68. The van der Waals surface area contributed by atoms with Crippen molar-refractivity contribution in [2.45, 2.75) is 13.5 Å². The molecular weight excluding hydrogens is 404 g/mol. The molecule has 0 unspecified atom stereocenters. The lowest BCUT2D eigenvalue weighted by Crippen LogP contribution is -2.24. The van der Waals surface area contributed by atoms with Crippen molar-refractivity contribution < 1.29 is 19.1 Å². The highest BCUT2D eigenvalue weighted by molar-refractivity contribution is 6.30. The molecule has 0 spiro atoms. The number of nitrogens with one attached hydrogen (secondary N) is 2. The summed E-state index contributed by atoms with van der Waals surface area (Å²) in [7, 11) is 0. The number of carbonyl (C=O) groups is 3. The maximum absolute atomic E-state index is 12.5. The van der Waals surface area contributed by atoms with Crippen molar-refractivity contribution in [1.82, 2.24) is 5.32 Å². The molecule has 3 aromatic rings. The fourth-order valence-electron chi connectivity index (χ4n) is 2.74. The van der Waals surface area contributed by atoms with E-state index in [-0.39, 0.29) is 18.4 Å². The number of hydrogen-bond donors (Lipinski definition) is 2. The number of hydrogen-bond acceptors (Lipinski definition) is 4. The summed E-state index contributed by atoms with van der Waals surface area (Å²) in [6.07, 6.45) is 0. The van der Waals surface area contributed by atoms with Crippen LogP contribution in [-0.2, 0) is 11.3 Å². The minimum absolute atomic E-state index is 0.202. The second-order valence-electron chi connectivity index (χ2n) is 6.42. The van der Waals surface area contributed by atoms with E-state index in [0.29, 0.717) is 27.6 Å². The summed E-state index contributed by atoms with van der Waals surface area (Å²) in [5.41, 5.74) is 2.16. The van der Waals surface area contributed by atoms with E-state index in [1.165, 1.54) is 13.0 Å². The lowest BCUT2D eigenvalue weighted by atomic mass is 10.1. The Hall–Kier alpha value is -3.64.